The summed E-state index contributed by atoms with van der Waals surface area (Å²) in [5.41, 5.74) is 7.61. The number of rotatable bonds is 3. The van der Waals surface area contributed by atoms with E-state index in [1.807, 2.05) is 0 Å². The highest BCUT2D eigenvalue weighted by molar-refractivity contribution is 5.77. The first kappa shape index (κ1) is 16.1. The van der Waals surface area contributed by atoms with E-state index < -0.39 is 0 Å². The third kappa shape index (κ3) is 3.37. The molecular weight excluding hydrogens is 306 g/mol. The maximum Gasteiger partial charge on any atom is 0.0956 e. The lowest BCUT2D eigenvalue weighted by Crippen LogP contribution is -2.33. The van der Waals surface area contributed by atoms with Crippen LogP contribution in [0.4, 0.5) is 0 Å². The topological polar surface area (TPSA) is 21.3 Å². The van der Waals surface area contributed by atoms with Gasteiger partial charge in [0.15, 0.2) is 0 Å². The molecule has 0 aliphatic carbocycles. The van der Waals surface area contributed by atoms with Gasteiger partial charge in [-0.3, -0.25) is 0 Å². The van der Waals surface area contributed by atoms with Crippen molar-refractivity contribution in [1.29, 1.82) is 0 Å². The summed E-state index contributed by atoms with van der Waals surface area (Å²) in [7, 11) is 0. The number of hydrogen-bond acceptors (Lipinski definition) is 2. The Morgan fingerprint density at radius 1 is 0.840 bits per heavy atom. The lowest BCUT2D eigenvalue weighted by molar-refractivity contribution is 0.0280. The van der Waals surface area contributed by atoms with E-state index in [0.29, 0.717) is 0 Å². The van der Waals surface area contributed by atoms with Crippen molar-refractivity contribution < 1.29 is 4.74 Å². The summed E-state index contributed by atoms with van der Waals surface area (Å²) in [6, 6.07) is 25.8. The number of aryl methyl sites for hydroxylation is 1. The molecule has 1 atom stereocenters. The van der Waals surface area contributed by atoms with Gasteiger partial charge in [-0.05, 0) is 46.4 Å². The van der Waals surface area contributed by atoms with E-state index in [0.717, 1.165) is 19.7 Å². The van der Waals surface area contributed by atoms with Gasteiger partial charge >= 0.3 is 0 Å². The number of nitrogens with one attached hydrogen (secondary N) is 1. The molecule has 0 saturated carbocycles. The summed E-state index contributed by atoms with van der Waals surface area (Å²) in [4.78, 5) is 0. The Bertz CT molecular complexity index is 837. The second-order valence-corrected chi connectivity index (χ2v) is 6.55. The zero-order valence-corrected chi connectivity index (χ0v) is 14.5. The number of morpholine rings is 1. The Kier molecular flexibility index (Phi) is 4.64. The lowest BCUT2D eigenvalue weighted by Gasteiger charge is -2.27. The number of ether oxygens (including phenoxy) is 1. The van der Waals surface area contributed by atoms with Gasteiger partial charge in [-0.1, -0.05) is 66.7 Å². The van der Waals surface area contributed by atoms with Crippen molar-refractivity contribution in [3.63, 3.8) is 0 Å². The SMILES string of the molecule is Cc1cc(-c2ccccc2)c(C2CNCCO2)cc1-c1ccccc1. The normalized spacial score (nSPS) is 17.4. The monoisotopic (exact) mass is 329 g/mol. The third-order valence-electron chi connectivity index (χ3n) is 4.84. The quantitative estimate of drug-likeness (QED) is 0.731. The van der Waals surface area contributed by atoms with E-state index in [1.54, 1.807) is 0 Å². The molecule has 0 spiro atoms. The molecule has 1 fully saturated rings. The molecule has 1 unspecified atom stereocenters. The molecule has 0 bridgehead atoms. The lowest BCUT2D eigenvalue weighted by atomic mass is 9.89. The molecule has 2 nitrogen and oxygen atoms in total. The standard InChI is InChI=1S/C23H23NO/c1-17-14-21(19-10-6-3-7-11-19)22(23-16-24-12-13-25-23)15-20(17)18-8-4-2-5-9-18/h2-11,14-15,23-24H,12-13,16H2,1H3. The fraction of sp³-hybridized carbons (Fsp3) is 0.217. The van der Waals surface area contributed by atoms with Crippen LogP contribution in [0.25, 0.3) is 22.3 Å². The van der Waals surface area contributed by atoms with Gasteiger partial charge in [0.2, 0.25) is 0 Å². The van der Waals surface area contributed by atoms with Gasteiger partial charge in [-0.25, -0.2) is 0 Å². The fourth-order valence-electron chi connectivity index (χ4n) is 3.55. The van der Waals surface area contributed by atoms with Crippen LogP contribution in [0.15, 0.2) is 72.8 Å². The van der Waals surface area contributed by atoms with Crippen LogP contribution in [-0.2, 0) is 4.74 Å². The second-order valence-electron chi connectivity index (χ2n) is 6.55. The third-order valence-corrected chi connectivity index (χ3v) is 4.84. The van der Waals surface area contributed by atoms with Crippen LogP contribution in [0, 0.1) is 6.92 Å². The van der Waals surface area contributed by atoms with E-state index in [1.165, 1.54) is 33.4 Å². The summed E-state index contributed by atoms with van der Waals surface area (Å²) in [5.74, 6) is 0. The molecule has 0 radical (unpaired) electrons. The van der Waals surface area contributed by atoms with Crippen LogP contribution < -0.4 is 5.32 Å². The van der Waals surface area contributed by atoms with E-state index in [-0.39, 0.29) is 6.10 Å². The fourth-order valence-corrected chi connectivity index (χ4v) is 3.55. The Morgan fingerprint density at radius 2 is 1.48 bits per heavy atom. The summed E-state index contributed by atoms with van der Waals surface area (Å²) in [6.07, 6.45) is 0.0898. The molecule has 1 saturated heterocycles. The van der Waals surface area contributed by atoms with Crippen molar-refractivity contribution in [3.05, 3.63) is 83.9 Å². The predicted molar refractivity (Wildman–Crippen MR) is 104 cm³/mol. The van der Waals surface area contributed by atoms with Gasteiger partial charge in [0.1, 0.15) is 0 Å². The predicted octanol–water partition coefficient (Wildman–Crippen LogP) is 4.99. The van der Waals surface area contributed by atoms with Gasteiger partial charge < -0.3 is 10.1 Å². The zero-order chi connectivity index (χ0) is 17.1. The molecule has 1 heterocycles. The van der Waals surface area contributed by atoms with E-state index in [2.05, 4.69) is 85.0 Å². The Hall–Kier alpha value is -2.42. The Labute approximate surface area is 149 Å². The molecule has 0 aromatic heterocycles. The van der Waals surface area contributed by atoms with Crippen LogP contribution in [0.5, 0.6) is 0 Å². The number of benzene rings is 3. The minimum Gasteiger partial charge on any atom is -0.371 e. The molecule has 2 heteroatoms. The molecule has 1 N–H and O–H groups in total. The summed E-state index contributed by atoms with van der Waals surface area (Å²) in [5, 5.41) is 3.46. The van der Waals surface area contributed by atoms with Crippen LogP contribution in [0.3, 0.4) is 0 Å². The highest BCUT2D eigenvalue weighted by Crippen LogP contribution is 2.36. The molecular formula is C23H23NO. The Balaban J connectivity index is 1.87. The van der Waals surface area contributed by atoms with Gasteiger partial charge in [-0.2, -0.15) is 0 Å². The van der Waals surface area contributed by atoms with Gasteiger partial charge in [0.25, 0.3) is 0 Å². The van der Waals surface area contributed by atoms with E-state index in [9.17, 15) is 0 Å². The maximum absolute atomic E-state index is 6.09. The van der Waals surface area contributed by atoms with Crippen LogP contribution in [0.1, 0.15) is 17.2 Å². The first-order valence-corrected chi connectivity index (χ1v) is 8.90. The molecule has 3 aromatic carbocycles. The number of hydrogen-bond donors (Lipinski definition) is 1. The maximum atomic E-state index is 6.09. The van der Waals surface area contributed by atoms with Gasteiger partial charge in [0.05, 0.1) is 12.7 Å². The highest BCUT2D eigenvalue weighted by Gasteiger charge is 2.21. The van der Waals surface area contributed by atoms with Crippen molar-refractivity contribution >= 4 is 0 Å². The van der Waals surface area contributed by atoms with E-state index in [4.69, 9.17) is 4.74 Å². The molecule has 0 amide bonds. The van der Waals surface area contributed by atoms with Crippen molar-refractivity contribution in [2.75, 3.05) is 19.7 Å². The van der Waals surface area contributed by atoms with Crippen molar-refractivity contribution in [1.82, 2.24) is 5.32 Å². The van der Waals surface area contributed by atoms with Gasteiger partial charge in [0, 0.05) is 13.1 Å². The summed E-state index contributed by atoms with van der Waals surface area (Å²) < 4.78 is 6.09. The Morgan fingerprint density at radius 3 is 2.08 bits per heavy atom. The van der Waals surface area contributed by atoms with Crippen molar-refractivity contribution in [2.24, 2.45) is 0 Å². The van der Waals surface area contributed by atoms with E-state index >= 15 is 0 Å². The molecule has 25 heavy (non-hydrogen) atoms. The molecule has 3 aromatic rings. The highest BCUT2D eigenvalue weighted by atomic mass is 16.5. The van der Waals surface area contributed by atoms with Crippen LogP contribution in [0.2, 0.25) is 0 Å². The summed E-state index contributed by atoms with van der Waals surface area (Å²) in [6.45, 7) is 4.73. The summed E-state index contributed by atoms with van der Waals surface area (Å²) >= 11 is 0. The van der Waals surface area contributed by atoms with Gasteiger partial charge in [-0.15, -0.1) is 0 Å². The van der Waals surface area contributed by atoms with Crippen molar-refractivity contribution in [3.8, 4) is 22.3 Å². The first-order chi connectivity index (χ1) is 12.3. The average molecular weight is 329 g/mol. The minimum atomic E-state index is 0.0898. The molecule has 1 aliphatic rings. The van der Waals surface area contributed by atoms with Crippen LogP contribution >= 0.6 is 0 Å². The molecule has 1 aliphatic heterocycles. The minimum absolute atomic E-state index is 0.0898. The van der Waals surface area contributed by atoms with Crippen molar-refractivity contribution in [2.45, 2.75) is 13.0 Å². The smallest absolute Gasteiger partial charge is 0.0956 e. The first-order valence-electron chi connectivity index (χ1n) is 8.90. The molecule has 126 valence electrons. The second kappa shape index (κ2) is 7.22. The molecule has 4 rings (SSSR count). The average Bonchev–Trinajstić information content (AvgIpc) is 2.70. The zero-order valence-electron chi connectivity index (χ0n) is 14.5. The largest absolute Gasteiger partial charge is 0.371 e. The van der Waals surface area contributed by atoms with Crippen LogP contribution in [-0.4, -0.2) is 19.7 Å².